The summed E-state index contributed by atoms with van der Waals surface area (Å²) in [4.78, 5) is 12.5. The molecule has 2 aromatic carbocycles. The van der Waals surface area contributed by atoms with Crippen molar-refractivity contribution in [2.75, 3.05) is 18.5 Å². The first kappa shape index (κ1) is 22.1. The van der Waals surface area contributed by atoms with Crippen LogP contribution < -0.4 is 14.8 Å². The van der Waals surface area contributed by atoms with E-state index in [4.69, 9.17) is 32.7 Å². The van der Waals surface area contributed by atoms with Crippen molar-refractivity contribution in [2.24, 2.45) is 0 Å². The molecule has 0 aromatic heterocycles. The van der Waals surface area contributed by atoms with E-state index in [0.717, 1.165) is 0 Å². The number of nitrogens with zero attached hydrogens (tertiary/aromatic N) is 1. The van der Waals surface area contributed by atoms with Gasteiger partial charge in [0.2, 0.25) is 0 Å². The summed E-state index contributed by atoms with van der Waals surface area (Å²) >= 11 is 15.6. The molecule has 0 saturated heterocycles. The van der Waals surface area contributed by atoms with Gasteiger partial charge in [0.25, 0.3) is 5.91 Å². The zero-order valence-electron chi connectivity index (χ0n) is 15.2. The highest BCUT2D eigenvalue weighted by atomic mass is 79.9. The minimum atomic E-state index is -0.625. The predicted molar refractivity (Wildman–Crippen MR) is 115 cm³/mol. The van der Waals surface area contributed by atoms with Gasteiger partial charge < -0.3 is 14.8 Å². The van der Waals surface area contributed by atoms with Crippen LogP contribution in [0.5, 0.6) is 11.5 Å². The van der Waals surface area contributed by atoms with Crippen molar-refractivity contribution >= 4 is 56.8 Å². The van der Waals surface area contributed by atoms with E-state index in [1.165, 1.54) is 6.08 Å². The zero-order chi connectivity index (χ0) is 20.7. The fourth-order valence-corrected chi connectivity index (χ4v) is 3.40. The summed E-state index contributed by atoms with van der Waals surface area (Å²) in [6.45, 7) is 4.64. The molecule has 0 aliphatic heterocycles. The van der Waals surface area contributed by atoms with Crippen molar-refractivity contribution in [3.8, 4) is 17.6 Å². The molecule has 0 radical (unpaired) electrons. The average Bonchev–Trinajstić information content (AvgIpc) is 2.65. The van der Waals surface area contributed by atoms with Crippen molar-refractivity contribution in [3.63, 3.8) is 0 Å². The van der Waals surface area contributed by atoms with Gasteiger partial charge in [0.1, 0.15) is 11.6 Å². The number of amides is 1. The minimum Gasteiger partial charge on any atom is -0.490 e. The van der Waals surface area contributed by atoms with E-state index in [-0.39, 0.29) is 21.3 Å². The number of carbonyl (C=O) groups excluding carboxylic acids is 1. The maximum Gasteiger partial charge on any atom is 0.266 e. The second-order valence-corrected chi connectivity index (χ2v) is 7.09. The zero-order valence-corrected chi connectivity index (χ0v) is 18.3. The van der Waals surface area contributed by atoms with Gasteiger partial charge in [-0.2, -0.15) is 5.26 Å². The smallest absolute Gasteiger partial charge is 0.266 e. The third-order valence-corrected chi connectivity index (χ3v) is 4.72. The van der Waals surface area contributed by atoms with Crippen molar-refractivity contribution < 1.29 is 14.3 Å². The number of nitrogens with one attached hydrogen (secondary N) is 1. The first-order chi connectivity index (χ1) is 13.4. The molecule has 0 aliphatic carbocycles. The summed E-state index contributed by atoms with van der Waals surface area (Å²) in [5.41, 5.74) is 0.727. The lowest BCUT2D eigenvalue weighted by Gasteiger charge is -2.14. The molecule has 28 heavy (non-hydrogen) atoms. The SMILES string of the molecule is CCOc1cc(/C=C(\C#N)C(=O)Nc2c(Cl)cccc2Cl)cc(Br)c1OCC. The van der Waals surface area contributed by atoms with Gasteiger partial charge >= 0.3 is 0 Å². The Hall–Kier alpha value is -2.20. The molecule has 0 fully saturated rings. The monoisotopic (exact) mass is 482 g/mol. The molecule has 0 atom stereocenters. The summed E-state index contributed by atoms with van der Waals surface area (Å²) in [6, 6.07) is 10.2. The van der Waals surface area contributed by atoms with Crippen LogP contribution in [0.1, 0.15) is 19.4 Å². The molecule has 5 nitrogen and oxygen atoms in total. The number of carbonyl (C=O) groups is 1. The maximum absolute atomic E-state index is 12.5. The topological polar surface area (TPSA) is 71.3 Å². The Kier molecular flexibility index (Phi) is 8.18. The van der Waals surface area contributed by atoms with Crippen molar-refractivity contribution in [1.29, 1.82) is 5.26 Å². The molecule has 0 aliphatic rings. The number of anilines is 1. The summed E-state index contributed by atoms with van der Waals surface area (Å²) < 4.78 is 11.9. The second-order valence-electron chi connectivity index (χ2n) is 5.42. The number of hydrogen-bond acceptors (Lipinski definition) is 4. The lowest BCUT2D eigenvalue weighted by Crippen LogP contribution is -2.14. The highest BCUT2D eigenvalue weighted by Gasteiger charge is 2.16. The van der Waals surface area contributed by atoms with Crippen LogP contribution in [0.15, 0.2) is 40.4 Å². The van der Waals surface area contributed by atoms with E-state index < -0.39 is 5.91 Å². The van der Waals surface area contributed by atoms with Crippen LogP contribution in [-0.2, 0) is 4.79 Å². The van der Waals surface area contributed by atoms with E-state index in [2.05, 4.69) is 21.2 Å². The average molecular weight is 484 g/mol. The van der Waals surface area contributed by atoms with E-state index in [1.54, 1.807) is 30.3 Å². The third kappa shape index (κ3) is 5.41. The van der Waals surface area contributed by atoms with Gasteiger partial charge in [-0.15, -0.1) is 0 Å². The van der Waals surface area contributed by atoms with Crippen LogP contribution in [-0.4, -0.2) is 19.1 Å². The van der Waals surface area contributed by atoms with Crippen LogP contribution >= 0.6 is 39.1 Å². The summed E-state index contributed by atoms with van der Waals surface area (Å²) in [5, 5.41) is 12.6. The number of para-hydroxylation sites is 1. The fourth-order valence-electron chi connectivity index (χ4n) is 2.33. The largest absolute Gasteiger partial charge is 0.490 e. The predicted octanol–water partition coefficient (Wildman–Crippen LogP) is 6.10. The standard InChI is InChI=1S/C20H17BrCl2N2O3/c1-3-27-17-10-12(9-14(21)19(17)28-4-2)8-13(11-24)20(26)25-18-15(22)6-5-7-16(18)23/h5-10H,3-4H2,1-2H3,(H,25,26)/b13-8+. The molecule has 8 heteroatoms. The van der Waals surface area contributed by atoms with Gasteiger partial charge in [-0.05, 0) is 65.7 Å². The summed E-state index contributed by atoms with van der Waals surface area (Å²) in [5.74, 6) is 0.449. The molecule has 1 N–H and O–H groups in total. The van der Waals surface area contributed by atoms with E-state index in [9.17, 15) is 10.1 Å². The number of rotatable bonds is 7. The normalized spacial score (nSPS) is 10.9. The molecular weight excluding hydrogens is 467 g/mol. The summed E-state index contributed by atoms with van der Waals surface area (Å²) in [6.07, 6.45) is 1.45. The molecule has 0 unspecified atom stereocenters. The van der Waals surface area contributed by atoms with Gasteiger partial charge in [-0.25, -0.2) is 0 Å². The number of halogens is 3. The van der Waals surface area contributed by atoms with Crippen LogP contribution in [0.2, 0.25) is 10.0 Å². The first-order valence-electron chi connectivity index (χ1n) is 8.37. The van der Waals surface area contributed by atoms with Crippen LogP contribution in [0.3, 0.4) is 0 Å². The Labute approximate surface area is 182 Å². The second kappa shape index (κ2) is 10.4. The fraction of sp³-hybridized carbons (Fsp3) is 0.200. The van der Waals surface area contributed by atoms with Crippen molar-refractivity contribution in [1.82, 2.24) is 0 Å². The van der Waals surface area contributed by atoms with Gasteiger partial charge in [0.05, 0.1) is 33.4 Å². The van der Waals surface area contributed by atoms with Crippen molar-refractivity contribution in [2.45, 2.75) is 13.8 Å². The number of benzene rings is 2. The molecular formula is C20H17BrCl2N2O3. The Morgan fingerprint density at radius 3 is 2.43 bits per heavy atom. The molecule has 0 bridgehead atoms. The quantitative estimate of drug-likeness (QED) is 0.381. The molecule has 2 aromatic rings. The lowest BCUT2D eigenvalue weighted by atomic mass is 10.1. The molecule has 146 valence electrons. The van der Waals surface area contributed by atoms with Gasteiger partial charge in [-0.3, -0.25) is 4.79 Å². The Morgan fingerprint density at radius 2 is 1.86 bits per heavy atom. The number of hydrogen-bond donors (Lipinski definition) is 1. The lowest BCUT2D eigenvalue weighted by molar-refractivity contribution is -0.112. The van der Waals surface area contributed by atoms with Gasteiger partial charge in [0, 0.05) is 0 Å². The van der Waals surface area contributed by atoms with Crippen LogP contribution in [0, 0.1) is 11.3 Å². The van der Waals surface area contributed by atoms with E-state index in [0.29, 0.717) is 34.7 Å². The molecule has 0 spiro atoms. The number of ether oxygens (including phenoxy) is 2. The van der Waals surface area contributed by atoms with E-state index in [1.807, 2.05) is 19.9 Å². The minimum absolute atomic E-state index is 0.116. The van der Waals surface area contributed by atoms with Gasteiger partial charge in [0.15, 0.2) is 11.5 Å². The van der Waals surface area contributed by atoms with Crippen molar-refractivity contribution in [3.05, 3.63) is 56.0 Å². The van der Waals surface area contributed by atoms with Crippen LogP contribution in [0.25, 0.3) is 6.08 Å². The highest BCUT2D eigenvalue weighted by molar-refractivity contribution is 9.10. The first-order valence-corrected chi connectivity index (χ1v) is 9.92. The molecule has 2 rings (SSSR count). The van der Waals surface area contributed by atoms with Crippen LogP contribution in [0.4, 0.5) is 5.69 Å². The van der Waals surface area contributed by atoms with E-state index >= 15 is 0 Å². The highest BCUT2D eigenvalue weighted by Crippen LogP contribution is 2.37. The third-order valence-electron chi connectivity index (χ3n) is 3.50. The molecule has 0 saturated carbocycles. The number of nitriles is 1. The molecule has 1 amide bonds. The molecule has 0 heterocycles. The Balaban J connectivity index is 2.38. The Morgan fingerprint density at radius 1 is 1.21 bits per heavy atom. The van der Waals surface area contributed by atoms with Gasteiger partial charge in [-0.1, -0.05) is 29.3 Å². The maximum atomic E-state index is 12.5. The summed E-state index contributed by atoms with van der Waals surface area (Å²) in [7, 11) is 0. The Bertz CT molecular complexity index is 935.